The molecule has 2 atom stereocenters. The van der Waals surface area contributed by atoms with Crippen molar-refractivity contribution in [3.8, 4) is 0 Å². The zero-order valence-electron chi connectivity index (χ0n) is 14.8. The molecular weight excluding hydrogens is 312 g/mol. The Morgan fingerprint density at radius 1 is 1.08 bits per heavy atom. The minimum atomic E-state index is -0.479. The maximum Gasteiger partial charge on any atom is 0.223 e. The fourth-order valence-corrected chi connectivity index (χ4v) is 6.26. The number of nitrogens with one attached hydrogen (secondary N) is 1. The SMILES string of the molecule is O=C1CC2(CCCC2)CN1[C@H]1c2ccccc2C2(CCNCC2)[C@@H]1O. The third kappa shape index (κ3) is 2.16. The van der Waals surface area contributed by atoms with Gasteiger partial charge in [-0.3, -0.25) is 4.79 Å². The van der Waals surface area contributed by atoms with Gasteiger partial charge in [0, 0.05) is 18.4 Å². The molecule has 2 spiro atoms. The number of aliphatic hydroxyl groups excluding tert-OH is 1. The molecule has 0 unspecified atom stereocenters. The van der Waals surface area contributed by atoms with Gasteiger partial charge in [-0.15, -0.1) is 0 Å². The van der Waals surface area contributed by atoms with Crippen LogP contribution in [0.5, 0.6) is 0 Å². The summed E-state index contributed by atoms with van der Waals surface area (Å²) in [5, 5.41) is 14.9. The first-order chi connectivity index (χ1) is 12.2. The Bertz CT molecular complexity index is 689. The summed E-state index contributed by atoms with van der Waals surface area (Å²) in [6, 6.07) is 8.33. The molecule has 0 aromatic heterocycles. The molecule has 1 aromatic carbocycles. The van der Waals surface area contributed by atoms with Gasteiger partial charge in [-0.05, 0) is 55.3 Å². The lowest BCUT2D eigenvalue weighted by Gasteiger charge is -2.40. The van der Waals surface area contributed by atoms with Gasteiger partial charge >= 0.3 is 0 Å². The molecule has 4 heteroatoms. The monoisotopic (exact) mass is 340 g/mol. The van der Waals surface area contributed by atoms with Crippen molar-refractivity contribution in [3.05, 3.63) is 35.4 Å². The largest absolute Gasteiger partial charge is 0.390 e. The summed E-state index contributed by atoms with van der Waals surface area (Å²) in [7, 11) is 0. The van der Waals surface area contributed by atoms with Crippen molar-refractivity contribution in [2.24, 2.45) is 5.41 Å². The standard InChI is InChI=1S/C21H28N2O2/c24-17-13-20(7-3-4-8-20)14-23(17)18-15-5-1-2-6-16(15)21(19(18)25)9-11-22-12-10-21/h1-2,5-6,18-19,22,25H,3-4,7-14H2/t18-,19+/m0/s1. The predicted molar refractivity (Wildman–Crippen MR) is 96.2 cm³/mol. The molecule has 2 heterocycles. The van der Waals surface area contributed by atoms with E-state index in [9.17, 15) is 9.90 Å². The Balaban J connectivity index is 1.55. The lowest BCUT2D eigenvalue weighted by Crippen LogP contribution is -2.49. The number of aliphatic hydroxyl groups is 1. The quantitative estimate of drug-likeness (QED) is 0.826. The highest BCUT2D eigenvalue weighted by Crippen LogP contribution is 2.55. The van der Waals surface area contributed by atoms with Gasteiger partial charge in [-0.1, -0.05) is 37.1 Å². The number of hydrogen-bond acceptors (Lipinski definition) is 3. The molecule has 1 saturated carbocycles. The Kier molecular flexibility index (Phi) is 3.52. The van der Waals surface area contributed by atoms with Crippen LogP contribution in [-0.4, -0.2) is 41.7 Å². The van der Waals surface area contributed by atoms with Crippen LogP contribution in [0.15, 0.2) is 24.3 Å². The Morgan fingerprint density at radius 2 is 1.80 bits per heavy atom. The van der Waals surface area contributed by atoms with Gasteiger partial charge < -0.3 is 15.3 Å². The van der Waals surface area contributed by atoms with E-state index in [0.29, 0.717) is 6.42 Å². The molecule has 4 nitrogen and oxygen atoms in total. The fraction of sp³-hybridized carbons (Fsp3) is 0.667. The molecule has 3 fully saturated rings. The van der Waals surface area contributed by atoms with E-state index in [-0.39, 0.29) is 22.8 Å². The number of carbonyl (C=O) groups is 1. The van der Waals surface area contributed by atoms with Crippen LogP contribution in [-0.2, 0) is 10.2 Å². The first kappa shape index (κ1) is 15.8. The minimum Gasteiger partial charge on any atom is -0.390 e. The topological polar surface area (TPSA) is 52.6 Å². The number of likely N-dealkylation sites (tertiary alicyclic amines) is 1. The molecule has 2 aliphatic heterocycles. The molecule has 0 radical (unpaired) electrons. The molecule has 2 N–H and O–H groups in total. The van der Waals surface area contributed by atoms with E-state index in [2.05, 4.69) is 29.6 Å². The third-order valence-corrected chi connectivity index (χ3v) is 7.53. The summed E-state index contributed by atoms with van der Waals surface area (Å²) in [4.78, 5) is 15.0. The van der Waals surface area contributed by atoms with E-state index in [1.54, 1.807) is 0 Å². The van der Waals surface area contributed by atoms with Crippen molar-refractivity contribution in [2.45, 2.75) is 62.5 Å². The number of benzene rings is 1. The number of fused-ring (bicyclic) bond motifs is 2. The van der Waals surface area contributed by atoms with Gasteiger partial charge in [0.25, 0.3) is 0 Å². The molecule has 1 amide bonds. The highest BCUT2D eigenvalue weighted by Gasteiger charge is 2.57. The number of hydrogen-bond donors (Lipinski definition) is 2. The summed E-state index contributed by atoms with van der Waals surface area (Å²) in [6.07, 6.45) is 6.97. The summed E-state index contributed by atoms with van der Waals surface area (Å²) < 4.78 is 0. The van der Waals surface area contributed by atoms with E-state index in [0.717, 1.165) is 32.5 Å². The van der Waals surface area contributed by atoms with E-state index >= 15 is 0 Å². The number of rotatable bonds is 1. The zero-order valence-corrected chi connectivity index (χ0v) is 14.8. The summed E-state index contributed by atoms with van der Waals surface area (Å²) in [5.41, 5.74) is 2.49. The van der Waals surface area contributed by atoms with Crippen molar-refractivity contribution in [1.29, 1.82) is 0 Å². The highest BCUT2D eigenvalue weighted by molar-refractivity contribution is 5.80. The third-order valence-electron chi connectivity index (χ3n) is 7.53. The van der Waals surface area contributed by atoms with E-state index in [1.807, 2.05) is 4.90 Å². The molecule has 134 valence electrons. The van der Waals surface area contributed by atoms with Crippen molar-refractivity contribution < 1.29 is 9.90 Å². The van der Waals surface area contributed by atoms with Crippen LogP contribution in [0.2, 0.25) is 0 Å². The lowest BCUT2D eigenvalue weighted by atomic mass is 9.72. The number of nitrogens with zero attached hydrogens (tertiary/aromatic N) is 1. The number of amides is 1. The maximum absolute atomic E-state index is 13.0. The van der Waals surface area contributed by atoms with Crippen LogP contribution in [0.25, 0.3) is 0 Å². The first-order valence-electron chi connectivity index (χ1n) is 9.93. The summed E-state index contributed by atoms with van der Waals surface area (Å²) >= 11 is 0. The van der Waals surface area contributed by atoms with Gasteiger partial charge in [0.05, 0.1) is 12.1 Å². The second-order valence-electron chi connectivity index (χ2n) is 8.79. The maximum atomic E-state index is 13.0. The van der Waals surface area contributed by atoms with Gasteiger partial charge in [-0.25, -0.2) is 0 Å². The Labute approximate surface area is 149 Å². The molecule has 2 aliphatic carbocycles. The molecular formula is C21H28N2O2. The Hall–Kier alpha value is -1.39. The van der Waals surface area contributed by atoms with Gasteiger partial charge in [0.1, 0.15) is 0 Å². The molecule has 1 aromatic rings. The average Bonchev–Trinajstić information content (AvgIpc) is 3.28. The second kappa shape index (κ2) is 5.55. The fourth-order valence-electron chi connectivity index (χ4n) is 6.26. The average molecular weight is 340 g/mol. The van der Waals surface area contributed by atoms with Gasteiger partial charge in [0.15, 0.2) is 0 Å². The van der Waals surface area contributed by atoms with Crippen LogP contribution < -0.4 is 5.32 Å². The molecule has 0 bridgehead atoms. The van der Waals surface area contributed by atoms with Gasteiger partial charge in [0.2, 0.25) is 5.91 Å². The zero-order chi connectivity index (χ0) is 17.1. The number of carbonyl (C=O) groups excluding carboxylic acids is 1. The van der Waals surface area contributed by atoms with E-state index in [1.165, 1.54) is 36.8 Å². The van der Waals surface area contributed by atoms with Crippen LogP contribution >= 0.6 is 0 Å². The summed E-state index contributed by atoms with van der Waals surface area (Å²) in [5.74, 6) is 0.256. The van der Waals surface area contributed by atoms with Crippen LogP contribution in [0, 0.1) is 5.41 Å². The van der Waals surface area contributed by atoms with Crippen LogP contribution in [0.3, 0.4) is 0 Å². The summed E-state index contributed by atoms with van der Waals surface area (Å²) in [6.45, 7) is 2.72. The highest BCUT2D eigenvalue weighted by atomic mass is 16.3. The molecule has 25 heavy (non-hydrogen) atoms. The first-order valence-corrected chi connectivity index (χ1v) is 9.93. The Morgan fingerprint density at radius 3 is 2.56 bits per heavy atom. The second-order valence-corrected chi connectivity index (χ2v) is 8.79. The van der Waals surface area contributed by atoms with Crippen molar-refractivity contribution >= 4 is 5.91 Å². The van der Waals surface area contributed by atoms with Crippen LogP contribution in [0.1, 0.15) is 62.1 Å². The molecule has 2 saturated heterocycles. The molecule has 4 aliphatic rings. The van der Waals surface area contributed by atoms with Crippen molar-refractivity contribution in [2.75, 3.05) is 19.6 Å². The minimum absolute atomic E-state index is 0.151. The predicted octanol–water partition coefficient (Wildman–Crippen LogP) is 2.52. The van der Waals surface area contributed by atoms with Crippen LogP contribution in [0.4, 0.5) is 0 Å². The lowest BCUT2D eigenvalue weighted by molar-refractivity contribution is -0.133. The molecule has 5 rings (SSSR count). The van der Waals surface area contributed by atoms with Gasteiger partial charge in [-0.2, -0.15) is 0 Å². The van der Waals surface area contributed by atoms with E-state index in [4.69, 9.17) is 0 Å². The van der Waals surface area contributed by atoms with Crippen molar-refractivity contribution in [1.82, 2.24) is 10.2 Å². The van der Waals surface area contributed by atoms with Crippen molar-refractivity contribution in [3.63, 3.8) is 0 Å². The smallest absolute Gasteiger partial charge is 0.223 e. The number of piperidine rings is 1. The van der Waals surface area contributed by atoms with E-state index < -0.39 is 6.10 Å². The normalized spacial score (nSPS) is 32.7.